The first-order valence-corrected chi connectivity index (χ1v) is 14.3. The Morgan fingerprint density at radius 2 is 1.57 bits per heavy atom. The molecule has 1 saturated heterocycles. The number of hydrogen-bond donors (Lipinski definition) is 5. The molecule has 44 heavy (non-hydrogen) atoms. The quantitative estimate of drug-likeness (QED) is 0.0616. The van der Waals surface area contributed by atoms with E-state index in [9.17, 15) is 24.5 Å². The second-order valence-corrected chi connectivity index (χ2v) is 10.3. The second kappa shape index (κ2) is 15.7. The monoisotopic (exact) mass is 600 g/mol. The van der Waals surface area contributed by atoms with Crippen LogP contribution in [-0.4, -0.2) is 59.4 Å². The zero-order chi connectivity index (χ0) is 31.3. The van der Waals surface area contributed by atoms with Gasteiger partial charge in [0.25, 0.3) is 5.96 Å². The third-order valence-electron chi connectivity index (χ3n) is 7.11. The average molecular weight is 601 g/mol. The van der Waals surface area contributed by atoms with E-state index in [1.54, 1.807) is 10.3 Å². The Labute approximate surface area is 255 Å². The molecular formula is C31H36N8O5. The lowest BCUT2D eigenvalue weighted by Gasteiger charge is -2.23. The van der Waals surface area contributed by atoms with E-state index in [-0.39, 0.29) is 43.3 Å². The van der Waals surface area contributed by atoms with Crippen molar-refractivity contribution in [3.63, 3.8) is 0 Å². The van der Waals surface area contributed by atoms with E-state index in [4.69, 9.17) is 5.73 Å². The molecule has 0 aromatic heterocycles. The number of hydrogen-bond acceptors (Lipinski definition) is 6. The molecule has 1 atom stereocenters. The fraction of sp³-hybridized carbons (Fsp3) is 0.290. The molecule has 4 amide bonds. The predicted octanol–water partition coefficient (Wildman–Crippen LogP) is 2.02. The van der Waals surface area contributed by atoms with Crippen LogP contribution in [0, 0.1) is 10.1 Å². The normalized spacial score (nSPS) is 13.7. The summed E-state index contributed by atoms with van der Waals surface area (Å²) in [6.45, 7) is 2.13. The number of hydrazine groups is 1. The molecule has 3 aromatic carbocycles. The number of nitrogens with two attached hydrogens (primary N) is 1. The molecule has 4 rings (SSSR count). The Morgan fingerprint density at radius 1 is 0.955 bits per heavy atom. The summed E-state index contributed by atoms with van der Waals surface area (Å²) in [6, 6.07) is 25.3. The first-order chi connectivity index (χ1) is 21.3. The number of aliphatic imine (C=N–C) groups is 1. The lowest BCUT2D eigenvalue weighted by molar-refractivity contribution is -0.525. The van der Waals surface area contributed by atoms with Crippen molar-refractivity contribution in [2.24, 2.45) is 10.7 Å². The Morgan fingerprint density at radius 3 is 2.14 bits per heavy atom. The van der Waals surface area contributed by atoms with Gasteiger partial charge in [0.05, 0.1) is 5.92 Å². The van der Waals surface area contributed by atoms with Crippen molar-refractivity contribution in [2.45, 2.75) is 37.9 Å². The van der Waals surface area contributed by atoms with E-state index in [1.807, 2.05) is 84.9 Å². The first kappa shape index (κ1) is 31.5. The lowest BCUT2D eigenvalue weighted by Crippen LogP contribution is -2.48. The summed E-state index contributed by atoms with van der Waals surface area (Å²) in [5, 5.41) is 18.4. The van der Waals surface area contributed by atoms with Crippen LogP contribution >= 0.6 is 0 Å². The van der Waals surface area contributed by atoms with Crippen LogP contribution in [0.1, 0.15) is 41.0 Å². The minimum atomic E-state index is -0.898. The van der Waals surface area contributed by atoms with Gasteiger partial charge < -0.3 is 26.6 Å². The van der Waals surface area contributed by atoms with Gasteiger partial charge in [0.2, 0.25) is 11.8 Å². The number of amides is 4. The Hall–Kier alpha value is -5.46. The summed E-state index contributed by atoms with van der Waals surface area (Å²) < 4.78 is 0. The van der Waals surface area contributed by atoms with Gasteiger partial charge in [-0.3, -0.25) is 9.59 Å². The molecule has 3 aromatic rings. The van der Waals surface area contributed by atoms with Gasteiger partial charge in [-0.15, -0.1) is 0 Å². The maximum absolute atomic E-state index is 13.7. The lowest BCUT2D eigenvalue weighted by atomic mass is 9.90. The van der Waals surface area contributed by atoms with Gasteiger partial charge in [0, 0.05) is 32.7 Å². The van der Waals surface area contributed by atoms with Crippen LogP contribution in [0.3, 0.4) is 0 Å². The third-order valence-corrected chi connectivity index (χ3v) is 7.11. The van der Waals surface area contributed by atoms with Crippen LogP contribution in [0.4, 0.5) is 4.79 Å². The van der Waals surface area contributed by atoms with Gasteiger partial charge in [0.1, 0.15) is 6.04 Å². The van der Waals surface area contributed by atoms with Crippen molar-refractivity contribution in [1.29, 1.82) is 0 Å². The molecule has 0 aliphatic carbocycles. The van der Waals surface area contributed by atoms with Crippen molar-refractivity contribution in [1.82, 2.24) is 26.3 Å². The van der Waals surface area contributed by atoms with Gasteiger partial charge in [0.15, 0.2) is 5.03 Å². The minimum Gasteiger partial charge on any atom is -0.365 e. The zero-order valence-electron chi connectivity index (χ0n) is 24.1. The van der Waals surface area contributed by atoms with Gasteiger partial charge in [-0.1, -0.05) is 90.4 Å². The molecule has 0 radical (unpaired) electrons. The molecule has 0 saturated carbocycles. The average Bonchev–Trinajstić information content (AvgIpc) is 3.42. The van der Waals surface area contributed by atoms with Crippen LogP contribution in [-0.2, 0) is 22.7 Å². The Kier molecular flexibility index (Phi) is 11.2. The number of rotatable bonds is 14. The Balaban J connectivity index is 1.44. The number of carbonyl (C=O) groups excluding carboxylic acids is 3. The van der Waals surface area contributed by atoms with Gasteiger partial charge in [-0.25, -0.2) is 19.9 Å². The summed E-state index contributed by atoms with van der Waals surface area (Å²) >= 11 is 0. The summed E-state index contributed by atoms with van der Waals surface area (Å²) in [6.07, 6.45) is 0.554. The van der Waals surface area contributed by atoms with E-state index in [2.05, 4.69) is 20.9 Å². The highest BCUT2D eigenvalue weighted by atomic mass is 16.7. The molecule has 1 fully saturated rings. The number of nitro groups is 1. The zero-order valence-corrected chi connectivity index (χ0v) is 24.1. The highest BCUT2D eigenvalue weighted by Crippen LogP contribution is 2.25. The topological polar surface area (TPSA) is 184 Å². The molecule has 13 nitrogen and oxygen atoms in total. The molecule has 1 aliphatic heterocycles. The van der Waals surface area contributed by atoms with E-state index >= 15 is 0 Å². The fourth-order valence-electron chi connectivity index (χ4n) is 4.89. The molecule has 0 unspecified atom stereocenters. The smallest absolute Gasteiger partial charge is 0.317 e. The van der Waals surface area contributed by atoms with Crippen LogP contribution in [0.2, 0.25) is 0 Å². The highest BCUT2D eigenvalue weighted by molar-refractivity contribution is 5.92. The van der Waals surface area contributed by atoms with Crippen LogP contribution in [0.15, 0.2) is 89.9 Å². The van der Waals surface area contributed by atoms with Gasteiger partial charge in [-0.05, 0) is 35.1 Å². The van der Waals surface area contributed by atoms with Crippen LogP contribution in [0.5, 0.6) is 0 Å². The van der Waals surface area contributed by atoms with E-state index in [0.29, 0.717) is 26.1 Å². The van der Waals surface area contributed by atoms with Crippen molar-refractivity contribution in [2.75, 3.05) is 19.6 Å². The number of benzene rings is 3. The maximum atomic E-state index is 13.7. The summed E-state index contributed by atoms with van der Waals surface area (Å²) in [5.41, 5.74) is 10.7. The molecule has 6 N–H and O–H groups in total. The molecule has 0 spiro atoms. The van der Waals surface area contributed by atoms with Crippen LogP contribution in [0.25, 0.3) is 0 Å². The molecular weight excluding hydrogens is 564 g/mol. The standard InChI is InChI=1S/C31H36N8O5/c32-30(37-39(43)44)33-17-7-12-26(36-29(41)27(24-8-3-1-4-9-24)25-10-5-2-6-11-25)28(40)35-20-22-13-15-23(16-14-22)21-38-19-18-34-31(38)42/h1-6,8-11,13-16,26-27H,7,12,17-21H2,(H,34,42)(H,35,40)(H,36,41)(H3,32,33,37)/t26-/m1/s1. The molecule has 13 heteroatoms. The van der Waals surface area contributed by atoms with Crippen LogP contribution < -0.4 is 27.1 Å². The summed E-state index contributed by atoms with van der Waals surface area (Å²) in [7, 11) is 0. The van der Waals surface area contributed by atoms with Crippen molar-refractivity contribution >= 4 is 23.8 Å². The highest BCUT2D eigenvalue weighted by Gasteiger charge is 2.28. The molecule has 230 valence electrons. The predicted molar refractivity (Wildman–Crippen MR) is 165 cm³/mol. The SMILES string of the molecule is NC(=NCCC[C@@H](NC(=O)C(c1ccccc1)c1ccccc1)C(=O)NCc1ccc(CN2CCNC2=O)cc1)N[N+](=O)[O-]. The van der Waals surface area contributed by atoms with E-state index in [1.165, 1.54) is 0 Å². The minimum absolute atomic E-state index is 0.0846. The number of nitrogens with one attached hydrogen (secondary N) is 4. The third kappa shape index (κ3) is 9.28. The van der Waals surface area contributed by atoms with Crippen molar-refractivity contribution in [3.05, 3.63) is 117 Å². The van der Waals surface area contributed by atoms with E-state index in [0.717, 1.165) is 22.3 Å². The number of nitrogens with zero attached hydrogens (tertiary/aromatic N) is 3. The number of guanidine groups is 1. The molecule has 1 aliphatic rings. The number of urea groups is 1. The first-order valence-electron chi connectivity index (χ1n) is 14.3. The molecule has 0 bridgehead atoms. The maximum Gasteiger partial charge on any atom is 0.317 e. The van der Waals surface area contributed by atoms with E-state index < -0.39 is 17.0 Å². The van der Waals surface area contributed by atoms with Gasteiger partial charge >= 0.3 is 6.03 Å². The summed E-state index contributed by atoms with van der Waals surface area (Å²) in [5.74, 6) is -1.70. The fourth-order valence-corrected chi connectivity index (χ4v) is 4.89. The number of carbonyl (C=O) groups is 3. The van der Waals surface area contributed by atoms with Crippen molar-refractivity contribution in [3.8, 4) is 0 Å². The largest absolute Gasteiger partial charge is 0.365 e. The second-order valence-electron chi connectivity index (χ2n) is 10.3. The van der Waals surface area contributed by atoms with Gasteiger partial charge in [-0.2, -0.15) is 0 Å². The van der Waals surface area contributed by atoms with Crippen molar-refractivity contribution < 1.29 is 19.4 Å². The Bertz CT molecular complexity index is 1410. The summed E-state index contributed by atoms with van der Waals surface area (Å²) in [4.78, 5) is 55.2. The molecule has 1 heterocycles.